The zero-order valence-electron chi connectivity index (χ0n) is 11.1. The predicted molar refractivity (Wildman–Crippen MR) is 70.0 cm³/mol. The van der Waals surface area contributed by atoms with Crippen molar-refractivity contribution in [2.45, 2.75) is 25.1 Å². The van der Waals surface area contributed by atoms with E-state index in [2.05, 4.69) is 0 Å². The minimum Gasteiger partial charge on any atom is -0.466 e. The highest BCUT2D eigenvalue weighted by Gasteiger charge is 2.44. The number of carbonyl (C=O) groups is 1. The van der Waals surface area contributed by atoms with Crippen LogP contribution in [0.15, 0.2) is 0 Å². The standard InChI is InChI=1S/C10H22O5SSi/c1-6-15-10(11)7-8-16-9(2)17(12-3,13-4)14-5/h9H,6-8H2,1-5H3. The molecular weight excluding hydrogens is 260 g/mol. The van der Waals surface area contributed by atoms with Crippen molar-refractivity contribution in [1.82, 2.24) is 0 Å². The van der Waals surface area contributed by atoms with E-state index in [1.807, 2.05) is 6.92 Å². The summed E-state index contributed by atoms with van der Waals surface area (Å²) >= 11 is 1.60. The summed E-state index contributed by atoms with van der Waals surface area (Å²) in [6, 6.07) is 0. The summed E-state index contributed by atoms with van der Waals surface area (Å²) in [4.78, 5) is 11.2. The van der Waals surface area contributed by atoms with Gasteiger partial charge in [-0.05, 0) is 13.8 Å². The molecule has 102 valence electrons. The van der Waals surface area contributed by atoms with Crippen molar-refractivity contribution in [2.24, 2.45) is 0 Å². The molecule has 0 fully saturated rings. The van der Waals surface area contributed by atoms with Crippen LogP contribution in [0.4, 0.5) is 0 Å². The average Bonchev–Trinajstić information content (AvgIpc) is 2.32. The molecule has 0 N–H and O–H groups in total. The monoisotopic (exact) mass is 282 g/mol. The molecular formula is C10H22O5SSi. The van der Waals surface area contributed by atoms with E-state index >= 15 is 0 Å². The van der Waals surface area contributed by atoms with Crippen molar-refractivity contribution in [2.75, 3.05) is 33.7 Å². The Morgan fingerprint density at radius 1 is 1.24 bits per heavy atom. The van der Waals surface area contributed by atoms with Crippen LogP contribution in [0.1, 0.15) is 20.3 Å². The number of esters is 1. The Kier molecular flexibility index (Phi) is 8.88. The molecule has 1 atom stereocenters. The predicted octanol–water partition coefficient (Wildman–Crippen LogP) is 1.48. The number of hydrogen-bond donors (Lipinski definition) is 0. The third-order valence-electron chi connectivity index (χ3n) is 2.33. The van der Waals surface area contributed by atoms with Crippen molar-refractivity contribution in [1.29, 1.82) is 0 Å². The van der Waals surface area contributed by atoms with Gasteiger partial charge in [0, 0.05) is 27.1 Å². The van der Waals surface area contributed by atoms with Crippen LogP contribution >= 0.6 is 11.8 Å². The van der Waals surface area contributed by atoms with Crippen molar-refractivity contribution in [3.05, 3.63) is 0 Å². The molecule has 17 heavy (non-hydrogen) atoms. The van der Waals surface area contributed by atoms with Gasteiger partial charge in [-0.3, -0.25) is 4.79 Å². The largest absolute Gasteiger partial charge is 0.513 e. The van der Waals surface area contributed by atoms with Crippen LogP contribution in [0.3, 0.4) is 0 Å². The number of carbonyl (C=O) groups excluding carboxylic acids is 1. The lowest BCUT2D eigenvalue weighted by Crippen LogP contribution is -2.51. The van der Waals surface area contributed by atoms with Gasteiger partial charge in [0.05, 0.1) is 17.9 Å². The second-order valence-corrected chi connectivity index (χ2v) is 8.45. The summed E-state index contributed by atoms with van der Waals surface area (Å²) in [5.74, 6) is 0.497. The van der Waals surface area contributed by atoms with E-state index in [4.69, 9.17) is 18.0 Å². The SMILES string of the molecule is CCOC(=O)CCSC(C)[Si](OC)(OC)OC. The Bertz CT molecular complexity index is 214. The first-order chi connectivity index (χ1) is 8.06. The van der Waals surface area contributed by atoms with Crippen LogP contribution in [0.25, 0.3) is 0 Å². The molecule has 0 aliphatic carbocycles. The Hall–Kier alpha value is -0.0831. The first-order valence-corrected chi connectivity index (χ1v) is 8.34. The maximum Gasteiger partial charge on any atom is 0.513 e. The van der Waals surface area contributed by atoms with Crippen LogP contribution in [-0.4, -0.2) is 53.3 Å². The maximum absolute atomic E-state index is 11.2. The number of thioether (sulfide) groups is 1. The third kappa shape index (κ3) is 5.39. The summed E-state index contributed by atoms with van der Waals surface area (Å²) in [6.07, 6.45) is 0.393. The molecule has 0 saturated heterocycles. The van der Waals surface area contributed by atoms with Crippen LogP contribution in [-0.2, 0) is 22.8 Å². The highest BCUT2D eigenvalue weighted by Crippen LogP contribution is 2.24. The summed E-state index contributed by atoms with van der Waals surface area (Å²) in [5, 5.41) is 0. The number of ether oxygens (including phenoxy) is 1. The zero-order valence-corrected chi connectivity index (χ0v) is 13.0. The Balaban J connectivity index is 4.07. The molecule has 0 aromatic carbocycles. The third-order valence-corrected chi connectivity index (χ3v) is 7.34. The summed E-state index contributed by atoms with van der Waals surface area (Å²) < 4.78 is 20.9. The fourth-order valence-electron chi connectivity index (χ4n) is 1.40. The van der Waals surface area contributed by atoms with E-state index in [1.54, 1.807) is 40.0 Å². The lowest BCUT2D eigenvalue weighted by atomic mass is 10.5. The lowest BCUT2D eigenvalue weighted by Gasteiger charge is -2.29. The van der Waals surface area contributed by atoms with Crippen LogP contribution < -0.4 is 0 Å². The fourth-order valence-corrected chi connectivity index (χ4v) is 5.57. The quantitative estimate of drug-likeness (QED) is 0.471. The van der Waals surface area contributed by atoms with Gasteiger partial charge in [0.2, 0.25) is 0 Å². The average molecular weight is 282 g/mol. The van der Waals surface area contributed by atoms with E-state index < -0.39 is 8.80 Å². The van der Waals surface area contributed by atoms with Gasteiger partial charge in [-0.15, -0.1) is 0 Å². The maximum atomic E-state index is 11.2. The molecule has 0 aliphatic rings. The van der Waals surface area contributed by atoms with Crippen LogP contribution in [0.5, 0.6) is 0 Å². The highest BCUT2D eigenvalue weighted by atomic mass is 32.2. The van der Waals surface area contributed by atoms with Gasteiger partial charge in [0.25, 0.3) is 0 Å². The van der Waals surface area contributed by atoms with Gasteiger partial charge in [-0.25, -0.2) is 0 Å². The van der Waals surface area contributed by atoms with Gasteiger partial charge < -0.3 is 18.0 Å². The van der Waals surface area contributed by atoms with Gasteiger partial charge in [0.1, 0.15) is 0 Å². The van der Waals surface area contributed by atoms with Gasteiger partial charge >= 0.3 is 14.8 Å². The van der Waals surface area contributed by atoms with Gasteiger partial charge in [-0.2, -0.15) is 11.8 Å². The molecule has 0 radical (unpaired) electrons. The molecule has 0 amide bonds. The summed E-state index contributed by atoms with van der Waals surface area (Å²) in [7, 11) is 2.15. The van der Waals surface area contributed by atoms with E-state index in [1.165, 1.54) is 0 Å². The molecule has 0 spiro atoms. The van der Waals surface area contributed by atoms with E-state index in [0.717, 1.165) is 0 Å². The second kappa shape index (κ2) is 8.93. The molecule has 0 heterocycles. The second-order valence-electron chi connectivity index (χ2n) is 3.28. The van der Waals surface area contributed by atoms with Crippen molar-refractivity contribution >= 4 is 26.5 Å². The van der Waals surface area contributed by atoms with E-state index in [-0.39, 0.29) is 10.8 Å². The molecule has 0 aromatic heterocycles. The van der Waals surface area contributed by atoms with Crippen LogP contribution in [0, 0.1) is 0 Å². The summed E-state index contributed by atoms with van der Waals surface area (Å²) in [6.45, 7) is 4.21. The van der Waals surface area contributed by atoms with Crippen molar-refractivity contribution < 1.29 is 22.8 Å². The number of hydrogen-bond acceptors (Lipinski definition) is 6. The van der Waals surface area contributed by atoms with E-state index in [0.29, 0.717) is 18.8 Å². The molecule has 0 bridgehead atoms. The minimum absolute atomic E-state index is 0.0805. The Labute approximate surface area is 109 Å². The fraction of sp³-hybridized carbons (Fsp3) is 0.900. The van der Waals surface area contributed by atoms with Crippen molar-refractivity contribution in [3.8, 4) is 0 Å². The molecule has 0 aromatic rings. The van der Waals surface area contributed by atoms with Crippen LogP contribution in [0.2, 0.25) is 0 Å². The first-order valence-electron chi connectivity index (χ1n) is 5.49. The summed E-state index contributed by atoms with van der Waals surface area (Å²) in [5.41, 5.74) is 0. The molecule has 0 rings (SSSR count). The first kappa shape index (κ1) is 16.9. The molecule has 7 heteroatoms. The zero-order chi connectivity index (χ0) is 13.3. The molecule has 0 aliphatic heterocycles. The Morgan fingerprint density at radius 3 is 2.18 bits per heavy atom. The molecule has 0 saturated carbocycles. The van der Waals surface area contributed by atoms with Crippen molar-refractivity contribution in [3.63, 3.8) is 0 Å². The molecule has 1 unspecified atom stereocenters. The Morgan fingerprint density at radius 2 is 1.76 bits per heavy atom. The van der Waals surface area contributed by atoms with Gasteiger partial charge in [-0.1, -0.05) is 0 Å². The normalized spacial score (nSPS) is 13.5. The van der Waals surface area contributed by atoms with E-state index in [9.17, 15) is 4.79 Å². The topological polar surface area (TPSA) is 54.0 Å². The van der Waals surface area contributed by atoms with Gasteiger partial charge in [0.15, 0.2) is 0 Å². The smallest absolute Gasteiger partial charge is 0.466 e. The molecule has 5 nitrogen and oxygen atoms in total. The minimum atomic E-state index is -2.60. The highest BCUT2D eigenvalue weighted by molar-refractivity contribution is 8.01. The number of rotatable bonds is 9. The lowest BCUT2D eigenvalue weighted by molar-refractivity contribution is -0.142.